The number of thiophene rings is 1. The first-order chi connectivity index (χ1) is 13.0. The highest BCUT2D eigenvalue weighted by Gasteiger charge is 2.19. The second-order valence-corrected chi connectivity index (χ2v) is 6.68. The van der Waals surface area contributed by atoms with Gasteiger partial charge in [-0.15, -0.1) is 11.3 Å². The molecule has 0 aliphatic rings. The minimum absolute atomic E-state index is 0.0840. The summed E-state index contributed by atoms with van der Waals surface area (Å²) in [5.41, 5.74) is 5.68. The molecular weight excluding hydrogens is 370 g/mol. The molecule has 4 rings (SSSR count). The molecule has 0 radical (unpaired) electrons. The standard InChI is InChI=1S/C17H13N5O4S/c1-26-8-3-2-7-4-9-12(18)13(27-16(9)21-10(7)5-8)15(24)20-11-6-19-17(25)22-14(11)23/h2-6H,18H2,1H3,(H,20,24)(H2,19,22,23,25). The number of carbonyl (C=O) groups is 1. The van der Waals surface area contributed by atoms with E-state index in [1.54, 1.807) is 13.2 Å². The van der Waals surface area contributed by atoms with Crippen molar-refractivity contribution in [2.45, 2.75) is 0 Å². The van der Waals surface area contributed by atoms with Crippen LogP contribution in [0, 0.1) is 0 Å². The molecule has 5 N–H and O–H groups in total. The van der Waals surface area contributed by atoms with Gasteiger partial charge in [0.05, 0.1) is 18.3 Å². The van der Waals surface area contributed by atoms with Gasteiger partial charge in [0.1, 0.15) is 21.1 Å². The summed E-state index contributed by atoms with van der Waals surface area (Å²) in [6.45, 7) is 0. The fourth-order valence-corrected chi connectivity index (χ4v) is 3.63. The van der Waals surface area contributed by atoms with Crippen molar-refractivity contribution in [1.29, 1.82) is 0 Å². The maximum absolute atomic E-state index is 12.6. The van der Waals surface area contributed by atoms with Crippen molar-refractivity contribution in [3.63, 3.8) is 0 Å². The van der Waals surface area contributed by atoms with Gasteiger partial charge in [0.2, 0.25) is 0 Å². The fraction of sp³-hybridized carbons (Fsp3) is 0.0588. The van der Waals surface area contributed by atoms with Crippen molar-refractivity contribution >= 4 is 49.7 Å². The summed E-state index contributed by atoms with van der Waals surface area (Å²) < 4.78 is 5.20. The largest absolute Gasteiger partial charge is 0.497 e. The van der Waals surface area contributed by atoms with Crippen LogP contribution in [0.3, 0.4) is 0 Å². The van der Waals surface area contributed by atoms with Crippen LogP contribution in [0.15, 0.2) is 40.1 Å². The van der Waals surface area contributed by atoms with Gasteiger partial charge in [-0.25, -0.2) is 9.78 Å². The maximum Gasteiger partial charge on any atom is 0.325 e. The first-order valence-electron chi connectivity index (χ1n) is 7.76. The third-order valence-electron chi connectivity index (χ3n) is 4.00. The predicted molar refractivity (Wildman–Crippen MR) is 104 cm³/mol. The van der Waals surface area contributed by atoms with Crippen molar-refractivity contribution in [1.82, 2.24) is 15.0 Å². The lowest BCUT2D eigenvalue weighted by molar-refractivity contribution is 0.103. The molecule has 1 aromatic carbocycles. The summed E-state index contributed by atoms with van der Waals surface area (Å²) in [5, 5.41) is 3.95. The number of H-pyrrole nitrogens is 2. The molecule has 9 nitrogen and oxygen atoms in total. The van der Waals surface area contributed by atoms with Crippen LogP contribution >= 0.6 is 11.3 Å². The molecule has 0 fully saturated rings. The van der Waals surface area contributed by atoms with E-state index in [9.17, 15) is 14.4 Å². The van der Waals surface area contributed by atoms with Gasteiger partial charge in [0.25, 0.3) is 11.5 Å². The zero-order chi connectivity index (χ0) is 19.1. The van der Waals surface area contributed by atoms with Crippen LogP contribution in [-0.2, 0) is 0 Å². The fourth-order valence-electron chi connectivity index (χ4n) is 2.65. The molecule has 10 heteroatoms. The van der Waals surface area contributed by atoms with E-state index in [0.717, 1.165) is 22.9 Å². The number of amides is 1. The van der Waals surface area contributed by atoms with E-state index < -0.39 is 17.2 Å². The summed E-state index contributed by atoms with van der Waals surface area (Å²) in [4.78, 5) is 45.1. The number of hydrogen-bond acceptors (Lipinski definition) is 7. The van der Waals surface area contributed by atoms with E-state index in [0.29, 0.717) is 21.5 Å². The molecule has 0 aliphatic carbocycles. The molecule has 136 valence electrons. The number of aromatic nitrogens is 3. The Hall–Kier alpha value is -3.66. The van der Waals surface area contributed by atoms with Crippen molar-refractivity contribution in [3.8, 4) is 5.75 Å². The number of hydrogen-bond donors (Lipinski definition) is 4. The first-order valence-corrected chi connectivity index (χ1v) is 8.58. The van der Waals surface area contributed by atoms with Crippen molar-refractivity contribution in [3.05, 3.63) is 56.2 Å². The number of nitrogens with one attached hydrogen (secondary N) is 3. The summed E-state index contributed by atoms with van der Waals surface area (Å²) in [5.74, 6) is 0.115. The number of nitrogens with two attached hydrogens (primary N) is 1. The molecule has 0 atom stereocenters. The average molecular weight is 383 g/mol. The normalized spacial score (nSPS) is 11.0. The van der Waals surface area contributed by atoms with Gasteiger partial charge in [-0.3, -0.25) is 14.6 Å². The molecule has 27 heavy (non-hydrogen) atoms. The van der Waals surface area contributed by atoms with Crippen LogP contribution in [0.25, 0.3) is 21.1 Å². The highest BCUT2D eigenvalue weighted by atomic mass is 32.1. The Labute approximate surface area is 154 Å². The maximum atomic E-state index is 12.6. The molecule has 1 amide bonds. The highest BCUT2D eigenvalue weighted by molar-refractivity contribution is 7.21. The number of pyridine rings is 1. The molecule has 4 aromatic rings. The summed E-state index contributed by atoms with van der Waals surface area (Å²) in [7, 11) is 1.57. The second-order valence-electron chi connectivity index (χ2n) is 5.68. The second kappa shape index (κ2) is 6.25. The molecule has 0 aliphatic heterocycles. The predicted octanol–water partition coefficient (Wildman–Crippen LogP) is 1.67. The Kier molecular flexibility index (Phi) is 3.89. The van der Waals surface area contributed by atoms with E-state index in [2.05, 4.69) is 15.3 Å². The molecule has 3 heterocycles. The number of nitrogen functional groups attached to an aromatic ring is 1. The number of benzene rings is 1. The number of aromatic amines is 2. The number of fused-ring (bicyclic) bond motifs is 2. The van der Waals surface area contributed by atoms with Gasteiger partial charge in [-0.05, 0) is 18.2 Å². The van der Waals surface area contributed by atoms with Crippen molar-refractivity contribution in [2.75, 3.05) is 18.2 Å². The van der Waals surface area contributed by atoms with E-state index in [1.165, 1.54) is 0 Å². The van der Waals surface area contributed by atoms with Gasteiger partial charge < -0.3 is 20.8 Å². The third-order valence-corrected chi connectivity index (χ3v) is 5.11. The minimum atomic E-state index is -0.706. The molecule has 0 spiro atoms. The number of carbonyl (C=O) groups excluding carboxylic acids is 1. The summed E-state index contributed by atoms with van der Waals surface area (Å²) in [6.07, 6.45) is 1.13. The van der Waals surface area contributed by atoms with E-state index >= 15 is 0 Å². The van der Waals surface area contributed by atoms with Crippen LogP contribution in [0.5, 0.6) is 5.75 Å². The smallest absolute Gasteiger partial charge is 0.325 e. The molecular formula is C17H13N5O4S. The van der Waals surface area contributed by atoms with Gasteiger partial charge in [-0.1, -0.05) is 0 Å². The number of ether oxygens (including phenoxy) is 1. The Bertz CT molecular complexity index is 1320. The lowest BCUT2D eigenvalue weighted by Gasteiger charge is -2.03. The Morgan fingerprint density at radius 3 is 2.85 bits per heavy atom. The number of rotatable bonds is 3. The van der Waals surface area contributed by atoms with Gasteiger partial charge in [0, 0.05) is 23.0 Å². The van der Waals surface area contributed by atoms with Gasteiger partial charge >= 0.3 is 5.69 Å². The van der Waals surface area contributed by atoms with Gasteiger partial charge in [-0.2, -0.15) is 0 Å². The quantitative estimate of drug-likeness (QED) is 0.424. The van der Waals surface area contributed by atoms with Crippen LogP contribution in [0.4, 0.5) is 11.4 Å². The highest BCUT2D eigenvalue weighted by Crippen LogP contribution is 2.35. The molecule has 0 bridgehead atoms. The summed E-state index contributed by atoms with van der Waals surface area (Å²) in [6, 6.07) is 7.32. The third kappa shape index (κ3) is 2.91. The SMILES string of the molecule is COc1ccc2cc3c(N)c(C(=O)Nc4c[nH]c(=O)[nH]c4=O)sc3nc2c1. The van der Waals surface area contributed by atoms with Crippen LogP contribution in [-0.4, -0.2) is 28.0 Å². The molecule has 0 saturated heterocycles. The lowest BCUT2D eigenvalue weighted by Crippen LogP contribution is -2.26. The Morgan fingerprint density at radius 2 is 2.11 bits per heavy atom. The summed E-state index contributed by atoms with van der Waals surface area (Å²) >= 11 is 1.12. The monoisotopic (exact) mass is 383 g/mol. The molecule has 0 saturated carbocycles. The van der Waals surface area contributed by atoms with Crippen LogP contribution in [0.1, 0.15) is 9.67 Å². The molecule has 0 unspecified atom stereocenters. The Morgan fingerprint density at radius 1 is 1.30 bits per heavy atom. The average Bonchev–Trinajstić information content (AvgIpc) is 2.97. The van der Waals surface area contributed by atoms with E-state index in [-0.39, 0.29) is 16.3 Å². The van der Waals surface area contributed by atoms with Crippen molar-refractivity contribution < 1.29 is 9.53 Å². The first kappa shape index (κ1) is 16.8. The topological polar surface area (TPSA) is 143 Å². The number of anilines is 2. The molecule has 3 aromatic heterocycles. The zero-order valence-corrected chi connectivity index (χ0v) is 14.8. The zero-order valence-electron chi connectivity index (χ0n) is 14.0. The van der Waals surface area contributed by atoms with Crippen LogP contribution < -0.4 is 27.0 Å². The van der Waals surface area contributed by atoms with E-state index in [4.69, 9.17) is 10.5 Å². The number of methoxy groups -OCH3 is 1. The van der Waals surface area contributed by atoms with Crippen LogP contribution in [0.2, 0.25) is 0 Å². The minimum Gasteiger partial charge on any atom is -0.497 e. The van der Waals surface area contributed by atoms with Gasteiger partial charge in [0.15, 0.2) is 0 Å². The van der Waals surface area contributed by atoms with Crippen molar-refractivity contribution in [2.24, 2.45) is 0 Å². The lowest BCUT2D eigenvalue weighted by atomic mass is 10.1. The Balaban J connectivity index is 1.78. The number of nitrogens with zero attached hydrogens (tertiary/aromatic N) is 1. The van der Waals surface area contributed by atoms with E-state index in [1.807, 2.05) is 23.2 Å².